The summed E-state index contributed by atoms with van der Waals surface area (Å²) in [7, 11) is 1.52. The van der Waals surface area contributed by atoms with Crippen molar-refractivity contribution in [2.24, 2.45) is 17.1 Å². The molecule has 1 saturated carbocycles. The molecule has 2 aromatic rings. The third kappa shape index (κ3) is 5.44. The van der Waals surface area contributed by atoms with Crippen LogP contribution < -0.4 is 21.1 Å². The number of halogens is 1. The van der Waals surface area contributed by atoms with Crippen molar-refractivity contribution in [3.63, 3.8) is 0 Å². The summed E-state index contributed by atoms with van der Waals surface area (Å²) in [4.78, 5) is 57.0. The van der Waals surface area contributed by atoms with Gasteiger partial charge in [0, 0.05) is 29.9 Å². The number of methoxy groups -OCH3 is 1. The number of amides is 4. The molecule has 3 aliphatic rings. The van der Waals surface area contributed by atoms with E-state index in [4.69, 9.17) is 22.1 Å². The number of primary amides is 1. The van der Waals surface area contributed by atoms with Gasteiger partial charge in [-0.25, -0.2) is 0 Å². The van der Waals surface area contributed by atoms with Crippen LogP contribution in [0.3, 0.4) is 0 Å². The number of ether oxygens (including phenoxy) is 1. The van der Waals surface area contributed by atoms with Gasteiger partial charge in [0.05, 0.1) is 12.1 Å². The number of aromatic nitrogens is 1. The Morgan fingerprint density at radius 3 is 2.69 bits per heavy atom. The molecule has 1 spiro atoms. The molecular weight excluding hydrogens is 522 g/mol. The van der Waals surface area contributed by atoms with Gasteiger partial charge in [0.15, 0.2) is 0 Å². The zero-order valence-corrected chi connectivity index (χ0v) is 22.9. The van der Waals surface area contributed by atoms with Crippen LogP contribution in [0.25, 0.3) is 10.9 Å². The highest BCUT2D eigenvalue weighted by atomic mass is 35.5. The number of hydrogen-bond acceptors (Lipinski definition) is 5. The molecule has 5 N–H and O–H groups in total. The second kappa shape index (κ2) is 11.1. The fourth-order valence-electron chi connectivity index (χ4n) is 6.66. The third-order valence-electron chi connectivity index (χ3n) is 8.71. The molecule has 10 nitrogen and oxygen atoms in total. The second-order valence-corrected chi connectivity index (χ2v) is 11.7. The van der Waals surface area contributed by atoms with Gasteiger partial charge in [-0.2, -0.15) is 0 Å². The molecule has 4 amide bonds. The van der Waals surface area contributed by atoms with Crippen molar-refractivity contribution in [1.82, 2.24) is 20.5 Å². The Kier molecular flexibility index (Phi) is 7.75. The van der Waals surface area contributed by atoms with Gasteiger partial charge in [0.1, 0.15) is 23.5 Å². The summed E-state index contributed by atoms with van der Waals surface area (Å²) in [6.07, 6.45) is 7.24. The smallest absolute Gasteiger partial charge is 0.271 e. The van der Waals surface area contributed by atoms with E-state index in [1.165, 1.54) is 7.11 Å². The Bertz CT molecular complexity index is 1290. The number of hydrogen-bond donors (Lipinski definition) is 4. The molecule has 0 radical (unpaired) electrons. The number of piperidine rings is 1. The quantitative estimate of drug-likeness (QED) is 0.413. The standard InChI is InChI=1S/C28H36ClN5O5/c1-39-23-17-13-21(32-19(17)8-7-18(23)29)27(38)34-15-28(9-3-2-4-10-28)14-22(34)26(37)33-20(24(30)35)12-16-6-5-11-31-25(16)36/h7-8,13,16,20,22,32H,2-6,9-12,14-15H2,1H3,(H2,30,35)(H,31,36)(H,33,37)/t16-,20?,22?/m0/s1. The Morgan fingerprint density at radius 2 is 2.00 bits per heavy atom. The summed E-state index contributed by atoms with van der Waals surface area (Å²) in [5, 5.41) is 6.73. The van der Waals surface area contributed by atoms with E-state index in [1.54, 1.807) is 23.1 Å². The minimum absolute atomic E-state index is 0.130. The molecule has 39 heavy (non-hydrogen) atoms. The van der Waals surface area contributed by atoms with Crippen LogP contribution in [-0.2, 0) is 14.4 Å². The molecule has 2 saturated heterocycles. The highest BCUT2D eigenvalue weighted by Gasteiger charge is 2.49. The van der Waals surface area contributed by atoms with Gasteiger partial charge in [-0.3, -0.25) is 19.2 Å². The number of aromatic amines is 1. The van der Waals surface area contributed by atoms with Crippen molar-refractivity contribution in [2.45, 2.75) is 69.9 Å². The van der Waals surface area contributed by atoms with Crippen molar-refractivity contribution in [2.75, 3.05) is 20.2 Å². The highest BCUT2D eigenvalue weighted by molar-refractivity contribution is 6.33. The van der Waals surface area contributed by atoms with Gasteiger partial charge in [0.2, 0.25) is 17.7 Å². The van der Waals surface area contributed by atoms with Crippen LogP contribution in [-0.4, -0.2) is 65.8 Å². The van der Waals surface area contributed by atoms with Gasteiger partial charge in [-0.05, 0) is 62.1 Å². The zero-order valence-electron chi connectivity index (χ0n) is 22.2. The lowest BCUT2D eigenvalue weighted by molar-refractivity contribution is -0.132. The molecule has 3 fully saturated rings. The van der Waals surface area contributed by atoms with Crippen molar-refractivity contribution < 1.29 is 23.9 Å². The monoisotopic (exact) mass is 557 g/mol. The summed E-state index contributed by atoms with van der Waals surface area (Å²) < 4.78 is 5.45. The number of nitrogens with zero attached hydrogens (tertiary/aromatic N) is 1. The molecule has 210 valence electrons. The van der Waals surface area contributed by atoms with Gasteiger partial charge in [-0.1, -0.05) is 30.9 Å². The zero-order chi connectivity index (χ0) is 27.7. The van der Waals surface area contributed by atoms with E-state index in [-0.39, 0.29) is 23.7 Å². The van der Waals surface area contributed by atoms with Crippen LogP contribution >= 0.6 is 11.6 Å². The number of carbonyl (C=O) groups excluding carboxylic acids is 4. The number of benzene rings is 1. The van der Waals surface area contributed by atoms with E-state index >= 15 is 0 Å². The number of nitrogens with two attached hydrogens (primary N) is 1. The van der Waals surface area contributed by atoms with E-state index in [1.807, 2.05) is 0 Å². The lowest BCUT2D eigenvalue weighted by Crippen LogP contribution is -2.53. The molecule has 2 aliphatic heterocycles. The maximum absolute atomic E-state index is 13.9. The van der Waals surface area contributed by atoms with Crippen molar-refractivity contribution >= 4 is 46.1 Å². The minimum Gasteiger partial charge on any atom is -0.494 e. The molecular formula is C28H36ClN5O5. The number of carbonyl (C=O) groups is 4. The van der Waals surface area contributed by atoms with E-state index in [0.717, 1.165) is 38.5 Å². The molecule has 3 atom stereocenters. The first-order valence-corrected chi connectivity index (χ1v) is 14.1. The predicted octanol–water partition coefficient (Wildman–Crippen LogP) is 2.88. The maximum Gasteiger partial charge on any atom is 0.271 e. The van der Waals surface area contributed by atoms with E-state index < -0.39 is 29.8 Å². The van der Waals surface area contributed by atoms with Crippen molar-refractivity contribution in [3.05, 3.63) is 28.9 Å². The van der Waals surface area contributed by atoms with E-state index in [2.05, 4.69) is 15.6 Å². The van der Waals surface area contributed by atoms with Crippen LogP contribution in [0.1, 0.15) is 68.3 Å². The first kappa shape index (κ1) is 27.3. The van der Waals surface area contributed by atoms with Crippen LogP contribution in [0.2, 0.25) is 5.02 Å². The molecule has 1 aliphatic carbocycles. The summed E-state index contributed by atoms with van der Waals surface area (Å²) >= 11 is 6.28. The predicted molar refractivity (Wildman–Crippen MR) is 146 cm³/mol. The number of H-pyrrole nitrogens is 1. The van der Waals surface area contributed by atoms with Crippen LogP contribution in [0, 0.1) is 11.3 Å². The third-order valence-corrected chi connectivity index (χ3v) is 9.00. The topological polar surface area (TPSA) is 147 Å². The fourth-order valence-corrected chi connectivity index (χ4v) is 6.90. The van der Waals surface area contributed by atoms with Gasteiger partial charge in [0.25, 0.3) is 5.91 Å². The lowest BCUT2D eigenvalue weighted by atomic mass is 9.72. The van der Waals surface area contributed by atoms with Crippen LogP contribution in [0.5, 0.6) is 5.75 Å². The molecule has 0 bridgehead atoms. The maximum atomic E-state index is 13.9. The normalized spacial score (nSPS) is 23.4. The molecule has 1 aromatic heterocycles. The Labute approximate surface area is 232 Å². The van der Waals surface area contributed by atoms with Gasteiger partial charge in [-0.15, -0.1) is 0 Å². The Balaban J connectivity index is 1.40. The molecule has 2 unspecified atom stereocenters. The van der Waals surface area contributed by atoms with Crippen LogP contribution in [0.15, 0.2) is 18.2 Å². The fraction of sp³-hybridized carbons (Fsp3) is 0.571. The minimum atomic E-state index is -0.995. The Hall–Kier alpha value is -3.27. The molecule has 5 rings (SSSR count). The van der Waals surface area contributed by atoms with E-state index in [9.17, 15) is 19.2 Å². The SMILES string of the molecule is COc1c(Cl)ccc2[nH]c(C(=O)N3CC4(CCCCC4)CC3C(=O)NC(C[C@@H]3CCCNC3=O)C(N)=O)cc12. The lowest BCUT2D eigenvalue weighted by Gasteiger charge is -2.32. The molecule has 1 aromatic carbocycles. The van der Waals surface area contributed by atoms with Crippen LogP contribution in [0.4, 0.5) is 0 Å². The van der Waals surface area contributed by atoms with E-state index in [0.29, 0.717) is 53.3 Å². The largest absolute Gasteiger partial charge is 0.494 e. The second-order valence-electron chi connectivity index (χ2n) is 11.3. The first-order chi connectivity index (χ1) is 18.7. The average molecular weight is 558 g/mol. The average Bonchev–Trinajstić information content (AvgIpc) is 3.51. The molecule has 11 heteroatoms. The number of nitrogens with one attached hydrogen (secondary N) is 3. The Morgan fingerprint density at radius 1 is 1.23 bits per heavy atom. The number of fused-ring (bicyclic) bond motifs is 1. The van der Waals surface area contributed by atoms with Gasteiger partial charge < -0.3 is 31.0 Å². The van der Waals surface area contributed by atoms with Crippen molar-refractivity contribution in [1.29, 1.82) is 0 Å². The summed E-state index contributed by atoms with van der Waals surface area (Å²) in [5.41, 5.74) is 6.55. The van der Waals surface area contributed by atoms with Gasteiger partial charge >= 0.3 is 0 Å². The number of rotatable bonds is 7. The van der Waals surface area contributed by atoms with Crippen molar-refractivity contribution in [3.8, 4) is 5.75 Å². The molecule has 3 heterocycles. The first-order valence-electron chi connectivity index (χ1n) is 13.7. The highest BCUT2D eigenvalue weighted by Crippen LogP contribution is 2.47. The number of likely N-dealkylation sites (tertiary alicyclic amines) is 1. The summed E-state index contributed by atoms with van der Waals surface area (Å²) in [6, 6.07) is 3.44. The summed E-state index contributed by atoms with van der Waals surface area (Å²) in [5.74, 6) is -1.45. The summed E-state index contributed by atoms with van der Waals surface area (Å²) in [6.45, 7) is 1.07.